The molecule has 0 unspecified atom stereocenters. The van der Waals surface area contributed by atoms with Crippen LogP contribution in [0.15, 0.2) is 54.6 Å². The predicted octanol–water partition coefficient (Wildman–Crippen LogP) is 2.31. The van der Waals surface area contributed by atoms with E-state index in [1.807, 2.05) is 42.5 Å². The minimum absolute atomic E-state index is 0.0299. The molecule has 2 N–H and O–H groups in total. The van der Waals surface area contributed by atoms with Crippen molar-refractivity contribution in [1.29, 1.82) is 0 Å². The zero-order valence-electron chi connectivity index (χ0n) is 12.7. The van der Waals surface area contributed by atoms with E-state index in [1.54, 1.807) is 16.8 Å². The van der Waals surface area contributed by atoms with Crippen molar-refractivity contribution in [1.82, 2.24) is 20.1 Å². The van der Waals surface area contributed by atoms with Gasteiger partial charge in [-0.2, -0.15) is 0 Å². The molecule has 0 aliphatic heterocycles. The van der Waals surface area contributed by atoms with Gasteiger partial charge in [0.1, 0.15) is 0 Å². The molecule has 0 atom stereocenters. The monoisotopic (exact) mass is 342 g/mol. The van der Waals surface area contributed by atoms with Crippen molar-refractivity contribution in [3.8, 4) is 17.1 Å². The zero-order chi connectivity index (χ0) is 16.9. The first-order valence-corrected chi connectivity index (χ1v) is 7.74. The third-order valence-electron chi connectivity index (χ3n) is 3.29. The lowest BCUT2D eigenvalue weighted by Crippen LogP contribution is -2.27. The fourth-order valence-electron chi connectivity index (χ4n) is 2.22. The quantitative estimate of drug-likeness (QED) is 0.745. The van der Waals surface area contributed by atoms with Gasteiger partial charge in [-0.1, -0.05) is 41.9 Å². The van der Waals surface area contributed by atoms with E-state index in [1.165, 1.54) is 0 Å². The van der Waals surface area contributed by atoms with Crippen LogP contribution in [0.3, 0.4) is 0 Å². The van der Waals surface area contributed by atoms with E-state index in [0.717, 1.165) is 11.3 Å². The number of nitrogens with zero attached hydrogens (tertiary/aromatic N) is 3. The molecule has 1 heterocycles. The molecule has 3 aromatic rings. The molecule has 2 aromatic carbocycles. The maximum Gasteiger partial charge on any atom is 0.291 e. The topological polar surface area (TPSA) is 80.0 Å². The number of hydrogen-bond acceptors (Lipinski definition) is 4. The van der Waals surface area contributed by atoms with Crippen LogP contribution < -0.4 is 5.32 Å². The maximum atomic E-state index is 12.1. The summed E-state index contributed by atoms with van der Waals surface area (Å²) in [5.74, 6) is 0.0992. The largest absolute Gasteiger partial charge is 0.395 e. The third kappa shape index (κ3) is 3.45. The summed E-state index contributed by atoms with van der Waals surface area (Å²) >= 11 is 6.07. The number of halogens is 1. The number of nitrogens with one attached hydrogen (secondary N) is 1. The maximum absolute atomic E-state index is 12.1. The molecule has 6 nitrogen and oxygen atoms in total. The Morgan fingerprint density at radius 2 is 1.96 bits per heavy atom. The van der Waals surface area contributed by atoms with Gasteiger partial charge in [0.2, 0.25) is 5.82 Å². The molecule has 0 aliphatic carbocycles. The SMILES string of the molecule is O=C(NCCO)c1nc(-c2cccc(Cl)c2)n(-c2ccccc2)n1. The van der Waals surface area contributed by atoms with E-state index in [0.29, 0.717) is 10.8 Å². The van der Waals surface area contributed by atoms with E-state index >= 15 is 0 Å². The average Bonchev–Trinajstić information content (AvgIpc) is 3.06. The Labute approximate surface area is 143 Å². The Kier molecular flexibility index (Phi) is 4.88. The second-order valence-corrected chi connectivity index (χ2v) is 5.43. The molecule has 0 saturated heterocycles. The van der Waals surface area contributed by atoms with E-state index in [9.17, 15) is 4.79 Å². The molecule has 1 amide bonds. The number of aliphatic hydroxyl groups is 1. The molecule has 0 saturated carbocycles. The van der Waals surface area contributed by atoms with Crippen molar-refractivity contribution in [2.75, 3.05) is 13.2 Å². The molecule has 24 heavy (non-hydrogen) atoms. The van der Waals surface area contributed by atoms with Crippen LogP contribution in [-0.2, 0) is 0 Å². The van der Waals surface area contributed by atoms with E-state index in [2.05, 4.69) is 15.4 Å². The van der Waals surface area contributed by atoms with E-state index < -0.39 is 5.91 Å². The summed E-state index contributed by atoms with van der Waals surface area (Å²) in [7, 11) is 0. The van der Waals surface area contributed by atoms with Gasteiger partial charge in [-0.05, 0) is 24.3 Å². The van der Waals surface area contributed by atoms with Gasteiger partial charge in [-0.25, -0.2) is 9.67 Å². The van der Waals surface area contributed by atoms with Gasteiger partial charge in [0, 0.05) is 17.1 Å². The summed E-state index contributed by atoms with van der Waals surface area (Å²) in [5.41, 5.74) is 1.53. The van der Waals surface area contributed by atoms with Gasteiger partial charge in [0.25, 0.3) is 5.91 Å². The molecule has 7 heteroatoms. The molecule has 0 aliphatic rings. The number of carbonyl (C=O) groups excluding carboxylic acids is 1. The summed E-state index contributed by atoms with van der Waals surface area (Å²) in [4.78, 5) is 16.5. The highest BCUT2D eigenvalue weighted by Crippen LogP contribution is 2.23. The Hall–Kier alpha value is -2.70. The molecule has 1 aromatic heterocycles. The van der Waals surface area contributed by atoms with Crippen LogP contribution >= 0.6 is 11.6 Å². The summed E-state index contributed by atoms with van der Waals surface area (Å²) in [5, 5.41) is 16.3. The fourth-order valence-corrected chi connectivity index (χ4v) is 2.41. The second-order valence-electron chi connectivity index (χ2n) is 5.00. The first-order chi connectivity index (χ1) is 11.7. The van der Waals surface area contributed by atoms with Gasteiger partial charge in [0.15, 0.2) is 5.82 Å². The van der Waals surface area contributed by atoms with E-state index in [4.69, 9.17) is 16.7 Å². The van der Waals surface area contributed by atoms with Crippen molar-refractivity contribution in [3.05, 3.63) is 65.4 Å². The molecule has 3 rings (SSSR count). The number of benzene rings is 2. The summed E-state index contributed by atoms with van der Waals surface area (Å²) < 4.78 is 1.60. The Morgan fingerprint density at radius 3 is 2.67 bits per heavy atom. The van der Waals surface area contributed by atoms with Crippen LogP contribution in [0.25, 0.3) is 17.1 Å². The Balaban J connectivity index is 2.08. The molecular weight excluding hydrogens is 328 g/mol. The molecular formula is C17H15ClN4O2. The third-order valence-corrected chi connectivity index (χ3v) is 3.53. The van der Waals surface area contributed by atoms with Gasteiger partial charge >= 0.3 is 0 Å². The van der Waals surface area contributed by atoms with Crippen LogP contribution in [0, 0.1) is 0 Å². The summed E-state index contributed by atoms with van der Waals surface area (Å²) in [6.45, 7) is -0.00249. The van der Waals surface area contributed by atoms with Crippen LogP contribution in [0.2, 0.25) is 5.02 Å². The standard InChI is InChI=1S/C17H15ClN4O2/c18-13-6-4-5-12(11-13)16-20-15(17(24)19-9-10-23)21-22(16)14-7-2-1-3-8-14/h1-8,11,23H,9-10H2,(H,19,24). The molecule has 0 fully saturated rings. The minimum atomic E-state index is -0.443. The highest BCUT2D eigenvalue weighted by molar-refractivity contribution is 6.30. The number of aliphatic hydroxyl groups excluding tert-OH is 1. The number of carbonyl (C=O) groups is 1. The average molecular weight is 343 g/mol. The normalized spacial score (nSPS) is 10.6. The number of hydrogen-bond donors (Lipinski definition) is 2. The lowest BCUT2D eigenvalue weighted by Gasteiger charge is -2.05. The smallest absolute Gasteiger partial charge is 0.291 e. The minimum Gasteiger partial charge on any atom is -0.395 e. The first kappa shape index (κ1) is 16.2. The predicted molar refractivity (Wildman–Crippen MR) is 91.2 cm³/mol. The summed E-state index contributed by atoms with van der Waals surface area (Å²) in [6.07, 6.45) is 0. The van der Waals surface area contributed by atoms with Crippen LogP contribution in [0.1, 0.15) is 10.6 Å². The molecule has 122 valence electrons. The summed E-state index contributed by atoms with van der Waals surface area (Å²) in [6, 6.07) is 16.6. The molecule has 0 bridgehead atoms. The van der Waals surface area contributed by atoms with Crippen molar-refractivity contribution in [2.24, 2.45) is 0 Å². The lowest BCUT2D eigenvalue weighted by molar-refractivity contribution is 0.0934. The van der Waals surface area contributed by atoms with Crippen molar-refractivity contribution >= 4 is 17.5 Å². The van der Waals surface area contributed by atoms with Crippen LogP contribution in [0.5, 0.6) is 0 Å². The van der Waals surface area contributed by atoms with Gasteiger partial charge in [-0.15, -0.1) is 5.10 Å². The Bertz CT molecular complexity index is 849. The number of rotatable bonds is 5. The number of para-hydroxylation sites is 1. The van der Waals surface area contributed by atoms with Crippen molar-refractivity contribution in [2.45, 2.75) is 0 Å². The van der Waals surface area contributed by atoms with Crippen molar-refractivity contribution in [3.63, 3.8) is 0 Å². The van der Waals surface area contributed by atoms with Gasteiger partial charge in [-0.3, -0.25) is 4.79 Å². The van der Waals surface area contributed by atoms with Crippen LogP contribution in [0.4, 0.5) is 0 Å². The van der Waals surface area contributed by atoms with Crippen molar-refractivity contribution < 1.29 is 9.90 Å². The highest BCUT2D eigenvalue weighted by Gasteiger charge is 2.18. The second kappa shape index (κ2) is 7.25. The lowest BCUT2D eigenvalue weighted by atomic mass is 10.2. The van der Waals surface area contributed by atoms with Crippen LogP contribution in [-0.4, -0.2) is 38.9 Å². The van der Waals surface area contributed by atoms with Gasteiger partial charge < -0.3 is 10.4 Å². The number of amides is 1. The molecule has 0 radical (unpaired) electrons. The fraction of sp³-hybridized carbons (Fsp3) is 0.118. The highest BCUT2D eigenvalue weighted by atomic mass is 35.5. The van der Waals surface area contributed by atoms with E-state index in [-0.39, 0.29) is 19.0 Å². The number of aromatic nitrogens is 3. The first-order valence-electron chi connectivity index (χ1n) is 7.36. The molecule has 0 spiro atoms. The van der Waals surface area contributed by atoms with Gasteiger partial charge in [0.05, 0.1) is 12.3 Å². The Morgan fingerprint density at radius 1 is 1.17 bits per heavy atom. The zero-order valence-corrected chi connectivity index (χ0v) is 13.4.